The van der Waals surface area contributed by atoms with Crippen LogP contribution < -0.4 is 0 Å². The van der Waals surface area contributed by atoms with Crippen LogP contribution in [0.1, 0.15) is 43.4 Å². The Balaban J connectivity index is 1.61. The van der Waals surface area contributed by atoms with Crippen molar-refractivity contribution in [1.29, 1.82) is 0 Å². The van der Waals surface area contributed by atoms with Gasteiger partial charge in [0.2, 0.25) is 11.1 Å². The zero-order chi connectivity index (χ0) is 15.7. The maximum atomic E-state index is 12.7. The third-order valence-electron chi connectivity index (χ3n) is 5.17. The molecule has 0 unspecified atom stereocenters. The van der Waals surface area contributed by atoms with Gasteiger partial charge >= 0.3 is 0 Å². The Hall–Kier alpha value is -1.07. The predicted molar refractivity (Wildman–Crippen MR) is 85.0 cm³/mol. The quantitative estimate of drug-likeness (QED) is 0.854. The lowest BCUT2D eigenvalue weighted by Crippen LogP contribution is -2.47. The van der Waals surface area contributed by atoms with Gasteiger partial charge < -0.3 is 14.3 Å². The summed E-state index contributed by atoms with van der Waals surface area (Å²) in [5.41, 5.74) is 1.65. The Labute approximate surface area is 136 Å². The first-order valence-corrected chi connectivity index (χ1v) is 8.56. The summed E-state index contributed by atoms with van der Waals surface area (Å²) in [5, 5.41) is 4.16. The van der Waals surface area contributed by atoms with Crippen molar-refractivity contribution in [3.05, 3.63) is 16.5 Å². The summed E-state index contributed by atoms with van der Waals surface area (Å²) in [6, 6.07) is 0.923. The van der Waals surface area contributed by atoms with E-state index in [0.717, 1.165) is 37.2 Å². The number of likely N-dealkylation sites (N-methyl/N-ethyl adjacent to an activating group) is 1. The van der Waals surface area contributed by atoms with Crippen LogP contribution in [-0.4, -0.2) is 53.1 Å². The van der Waals surface area contributed by atoms with Gasteiger partial charge in [0.1, 0.15) is 0 Å². The van der Waals surface area contributed by atoms with Crippen LogP contribution in [0.25, 0.3) is 0 Å². The average Bonchev–Trinajstić information content (AvgIpc) is 3.18. The van der Waals surface area contributed by atoms with E-state index in [1.54, 1.807) is 0 Å². The molecule has 0 bridgehead atoms. The fourth-order valence-corrected chi connectivity index (χ4v) is 4.21. The number of rotatable bonds is 4. The number of nitrogens with zero attached hydrogens (tertiary/aromatic N) is 3. The molecule has 1 amide bonds. The normalized spacial score (nSPS) is 26.0. The van der Waals surface area contributed by atoms with Crippen molar-refractivity contribution in [3.8, 4) is 0 Å². The highest BCUT2D eigenvalue weighted by Gasteiger charge is 2.38. The minimum Gasteiger partial charge on any atom is -0.344 e. The Morgan fingerprint density at radius 3 is 2.68 bits per heavy atom. The first-order valence-electron chi connectivity index (χ1n) is 8.18. The van der Waals surface area contributed by atoms with E-state index in [2.05, 4.69) is 22.0 Å². The fraction of sp³-hybridized carbons (Fsp3) is 0.750. The standard InChI is InChI=1S/C16H24ClN3O2/c1-11-12(16(17)22-18-11)7-8-15(21)20-10-4-6-14(20)13-5-3-9-19(13)2/h13-14H,3-10H2,1-2H3/t13-,14-/m1/s1. The van der Waals surface area contributed by atoms with Gasteiger partial charge in [-0.05, 0) is 64.2 Å². The Morgan fingerprint density at radius 2 is 2.05 bits per heavy atom. The second-order valence-electron chi connectivity index (χ2n) is 6.51. The molecule has 22 heavy (non-hydrogen) atoms. The number of aryl methyl sites for hydroxylation is 1. The number of amides is 1. The number of hydrogen-bond acceptors (Lipinski definition) is 4. The number of likely N-dealkylation sites (tertiary alicyclic amines) is 2. The first kappa shape index (κ1) is 15.8. The lowest BCUT2D eigenvalue weighted by Gasteiger charge is -2.33. The summed E-state index contributed by atoms with van der Waals surface area (Å²) < 4.78 is 4.95. The van der Waals surface area contributed by atoms with Gasteiger partial charge in [-0.1, -0.05) is 5.16 Å². The minimum atomic E-state index is 0.236. The minimum absolute atomic E-state index is 0.236. The smallest absolute Gasteiger partial charge is 0.229 e. The van der Waals surface area contributed by atoms with Gasteiger partial charge in [-0.3, -0.25) is 4.79 Å². The van der Waals surface area contributed by atoms with Crippen LogP contribution in [-0.2, 0) is 11.2 Å². The predicted octanol–water partition coefficient (Wildman–Crippen LogP) is 2.65. The van der Waals surface area contributed by atoms with Crippen molar-refractivity contribution in [2.75, 3.05) is 20.1 Å². The van der Waals surface area contributed by atoms with Gasteiger partial charge in [-0.2, -0.15) is 0 Å². The number of aromatic nitrogens is 1. The molecule has 3 heterocycles. The lowest BCUT2D eigenvalue weighted by atomic mass is 10.0. The molecule has 2 saturated heterocycles. The van der Waals surface area contributed by atoms with Crippen LogP contribution in [0.5, 0.6) is 0 Å². The van der Waals surface area contributed by atoms with Gasteiger partial charge in [0.15, 0.2) is 0 Å². The molecule has 0 radical (unpaired) electrons. The number of carbonyl (C=O) groups excluding carboxylic acids is 1. The van der Waals surface area contributed by atoms with Crippen LogP contribution in [0.4, 0.5) is 0 Å². The molecule has 3 rings (SSSR count). The molecule has 0 aromatic carbocycles. The molecular weight excluding hydrogens is 302 g/mol. The summed E-state index contributed by atoms with van der Waals surface area (Å²) in [6.07, 6.45) is 5.80. The van der Waals surface area contributed by atoms with Crippen LogP contribution in [0.3, 0.4) is 0 Å². The van der Waals surface area contributed by atoms with Crippen LogP contribution >= 0.6 is 11.6 Å². The van der Waals surface area contributed by atoms with E-state index in [4.69, 9.17) is 16.1 Å². The molecule has 6 heteroatoms. The highest BCUT2D eigenvalue weighted by Crippen LogP contribution is 2.30. The van der Waals surface area contributed by atoms with Crippen LogP contribution in [0, 0.1) is 6.92 Å². The number of carbonyl (C=O) groups is 1. The van der Waals surface area contributed by atoms with Gasteiger partial charge in [0.25, 0.3) is 0 Å². The summed E-state index contributed by atoms with van der Waals surface area (Å²) in [7, 11) is 2.18. The summed E-state index contributed by atoms with van der Waals surface area (Å²) in [4.78, 5) is 17.2. The van der Waals surface area contributed by atoms with Gasteiger partial charge in [-0.15, -0.1) is 0 Å². The van der Waals surface area contributed by atoms with E-state index in [0.29, 0.717) is 30.1 Å². The topological polar surface area (TPSA) is 49.6 Å². The van der Waals surface area contributed by atoms with Crippen molar-refractivity contribution >= 4 is 17.5 Å². The fourth-order valence-electron chi connectivity index (χ4n) is 3.94. The first-order chi connectivity index (χ1) is 10.6. The molecule has 5 nitrogen and oxygen atoms in total. The van der Waals surface area contributed by atoms with Crippen molar-refractivity contribution in [1.82, 2.24) is 15.0 Å². The van der Waals surface area contributed by atoms with Crippen molar-refractivity contribution in [2.24, 2.45) is 0 Å². The van der Waals surface area contributed by atoms with Gasteiger partial charge in [0.05, 0.1) is 5.69 Å². The Kier molecular flexibility index (Phi) is 4.73. The Morgan fingerprint density at radius 1 is 1.32 bits per heavy atom. The molecule has 0 N–H and O–H groups in total. The molecule has 2 atom stereocenters. The van der Waals surface area contributed by atoms with Gasteiger partial charge in [-0.25, -0.2) is 0 Å². The second-order valence-corrected chi connectivity index (χ2v) is 6.85. The molecule has 0 spiro atoms. The van der Waals surface area contributed by atoms with Gasteiger partial charge in [0, 0.05) is 30.6 Å². The SMILES string of the molecule is Cc1noc(Cl)c1CCC(=O)N1CCC[C@@H]1[C@H]1CCCN1C. The van der Waals surface area contributed by atoms with Crippen LogP contribution in [0.15, 0.2) is 4.52 Å². The van der Waals surface area contributed by atoms with Crippen molar-refractivity contribution < 1.29 is 9.32 Å². The number of hydrogen-bond donors (Lipinski definition) is 0. The summed E-state index contributed by atoms with van der Waals surface area (Å²) in [6.45, 7) is 3.91. The largest absolute Gasteiger partial charge is 0.344 e. The zero-order valence-corrected chi connectivity index (χ0v) is 14.1. The Bertz CT molecular complexity index is 526. The van der Waals surface area contributed by atoms with E-state index in [9.17, 15) is 4.79 Å². The molecule has 0 aliphatic carbocycles. The molecule has 2 fully saturated rings. The van der Waals surface area contributed by atoms with Crippen molar-refractivity contribution in [2.45, 2.75) is 57.5 Å². The van der Waals surface area contributed by atoms with Crippen LogP contribution in [0.2, 0.25) is 5.22 Å². The van der Waals surface area contributed by atoms with E-state index in [-0.39, 0.29) is 5.91 Å². The molecule has 1 aromatic heterocycles. The monoisotopic (exact) mass is 325 g/mol. The van der Waals surface area contributed by atoms with E-state index < -0.39 is 0 Å². The maximum absolute atomic E-state index is 12.7. The van der Waals surface area contributed by atoms with E-state index >= 15 is 0 Å². The summed E-state index contributed by atoms with van der Waals surface area (Å²) >= 11 is 5.98. The second kappa shape index (κ2) is 6.59. The average molecular weight is 326 g/mol. The highest BCUT2D eigenvalue weighted by molar-refractivity contribution is 6.29. The van der Waals surface area contributed by atoms with Crippen molar-refractivity contribution in [3.63, 3.8) is 0 Å². The molecular formula is C16H24ClN3O2. The molecule has 2 aliphatic rings. The molecule has 0 saturated carbocycles. The zero-order valence-electron chi connectivity index (χ0n) is 13.3. The summed E-state index contributed by atoms with van der Waals surface area (Å²) in [5.74, 6) is 0.236. The third-order valence-corrected chi connectivity index (χ3v) is 5.46. The van der Waals surface area contributed by atoms with E-state index in [1.165, 1.54) is 12.8 Å². The molecule has 122 valence electrons. The number of halogens is 1. The lowest BCUT2D eigenvalue weighted by molar-refractivity contribution is -0.132. The molecule has 1 aromatic rings. The highest BCUT2D eigenvalue weighted by atomic mass is 35.5. The third kappa shape index (κ3) is 3.01. The maximum Gasteiger partial charge on any atom is 0.229 e. The molecule has 2 aliphatic heterocycles. The van der Waals surface area contributed by atoms with E-state index in [1.807, 2.05) is 6.92 Å².